The van der Waals surface area contributed by atoms with Crippen LogP contribution >= 0.6 is 11.6 Å². The first-order valence-corrected chi connectivity index (χ1v) is 19.3. The Morgan fingerprint density at radius 1 is 0.944 bits per heavy atom. The highest BCUT2D eigenvalue weighted by Gasteiger charge is 2.45. The first-order chi connectivity index (χ1) is 26.1. The Labute approximate surface area is 319 Å². The van der Waals surface area contributed by atoms with Crippen molar-refractivity contribution < 1.29 is 29.0 Å². The first-order valence-electron chi connectivity index (χ1n) is 18.9. The number of piperidine rings is 2. The Morgan fingerprint density at radius 2 is 1.67 bits per heavy atom. The number of benzene rings is 3. The van der Waals surface area contributed by atoms with Crippen molar-refractivity contribution in [1.82, 2.24) is 20.4 Å². The normalized spacial score (nSPS) is 24.5. The molecule has 1 aliphatic carbocycles. The Bertz CT molecular complexity index is 2020. The maximum Gasteiger partial charge on any atom is 0.257 e. The average Bonchev–Trinajstić information content (AvgIpc) is 3.67. The number of nitriles is 1. The molecule has 0 spiro atoms. The van der Waals surface area contributed by atoms with Crippen LogP contribution in [0.15, 0.2) is 54.6 Å². The van der Waals surface area contributed by atoms with E-state index >= 15 is 0 Å². The second-order valence-electron chi connectivity index (χ2n) is 15.2. The van der Waals surface area contributed by atoms with Crippen LogP contribution in [0.3, 0.4) is 0 Å². The number of anilines is 1. The maximum absolute atomic E-state index is 13.3. The molecule has 4 heterocycles. The summed E-state index contributed by atoms with van der Waals surface area (Å²) in [5, 5.41) is 26.0. The van der Waals surface area contributed by atoms with Gasteiger partial charge >= 0.3 is 0 Å². The van der Waals surface area contributed by atoms with Crippen LogP contribution in [0.4, 0.5) is 5.69 Å². The number of hydrogen-bond acceptors (Lipinski definition) is 9. The predicted octanol–water partition coefficient (Wildman–Crippen LogP) is 4.82. The van der Waals surface area contributed by atoms with Crippen LogP contribution in [0, 0.1) is 17.2 Å². The minimum Gasteiger partial charge on any atom is -0.490 e. The van der Waals surface area contributed by atoms with Gasteiger partial charge in [0.25, 0.3) is 11.8 Å². The van der Waals surface area contributed by atoms with E-state index < -0.39 is 18.2 Å². The molecule has 2 saturated heterocycles. The molecule has 3 fully saturated rings. The van der Waals surface area contributed by atoms with E-state index in [0.29, 0.717) is 38.9 Å². The molecule has 0 aromatic heterocycles. The summed E-state index contributed by atoms with van der Waals surface area (Å²) in [5.74, 6) is -0.144. The van der Waals surface area contributed by atoms with Crippen molar-refractivity contribution in [1.29, 1.82) is 5.26 Å². The fourth-order valence-electron chi connectivity index (χ4n) is 8.74. The molecule has 4 aliphatic heterocycles. The largest absolute Gasteiger partial charge is 0.490 e. The van der Waals surface area contributed by atoms with Crippen LogP contribution in [0.2, 0.25) is 5.02 Å². The number of halogens is 1. The third-order valence-electron chi connectivity index (χ3n) is 11.7. The van der Waals surface area contributed by atoms with Crippen molar-refractivity contribution in [3.63, 3.8) is 0 Å². The van der Waals surface area contributed by atoms with E-state index in [1.807, 2.05) is 36.4 Å². The zero-order chi connectivity index (χ0) is 37.5. The second kappa shape index (κ2) is 15.1. The van der Waals surface area contributed by atoms with Gasteiger partial charge in [-0.2, -0.15) is 5.26 Å². The number of rotatable bonds is 8. The van der Waals surface area contributed by atoms with Gasteiger partial charge in [-0.3, -0.25) is 34.3 Å². The van der Waals surface area contributed by atoms with Crippen molar-refractivity contribution in [2.75, 3.05) is 24.5 Å². The van der Waals surface area contributed by atoms with Gasteiger partial charge in [-0.25, -0.2) is 0 Å². The van der Waals surface area contributed by atoms with Crippen LogP contribution in [0.1, 0.15) is 101 Å². The standard InChI is InChI=1S/C41H43ClN6O6/c42-35-19-32(8-3-26(35)20-43)54-31-9-4-29(5-10-31)44-38(50)25-1-6-30(7-2-25)47-15-13-24(14-16-47)21-46-22-27-17-33-34(18-28(27)23-46)41(53)48(40(33)52)36-11-12-37(49)45-39(36)51/h1-3,6-8,17-19,24,29,31,36,40,52H,4-5,9-16,21-23H2,(H,44,50)(H,45,49,51)/t29-,31-,36?,40?. The van der Waals surface area contributed by atoms with Gasteiger partial charge in [-0.1, -0.05) is 11.6 Å². The number of amides is 4. The van der Waals surface area contributed by atoms with Gasteiger partial charge in [-0.15, -0.1) is 0 Å². The molecule has 12 nitrogen and oxygen atoms in total. The minimum atomic E-state index is -1.21. The molecule has 3 N–H and O–H groups in total. The smallest absolute Gasteiger partial charge is 0.257 e. The fourth-order valence-corrected chi connectivity index (χ4v) is 8.95. The molecule has 2 atom stereocenters. The predicted molar refractivity (Wildman–Crippen MR) is 200 cm³/mol. The lowest BCUT2D eigenvalue weighted by Crippen LogP contribution is -2.53. The number of aliphatic hydroxyl groups excluding tert-OH is 1. The number of ether oxygens (including phenoxy) is 1. The van der Waals surface area contributed by atoms with Crippen LogP contribution in [-0.4, -0.2) is 76.4 Å². The first kappa shape index (κ1) is 36.0. The Kier molecular flexibility index (Phi) is 10.0. The molecular formula is C41H43ClN6O6. The van der Waals surface area contributed by atoms with E-state index in [0.717, 1.165) is 88.1 Å². The number of nitrogens with one attached hydrogen (secondary N) is 2. The third kappa shape index (κ3) is 7.28. The number of carbonyl (C=O) groups excluding carboxylic acids is 4. The maximum atomic E-state index is 13.3. The summed E-state index contributed by atoms with van der Waals surface area (Å²) in [7, 11) is 0. The monoisotopic (exact) mass is 750 g/mol. The van der Waals surface area contributed by atoms with Gasteiger partial charge in [0.05, 0.1) is 16.7 Å². The zero-order valence-electron chi connectivity index (χ0n) is 29.9. The van der Waals surface area contributed by atoms with Crippen LogP contribution in [0.25, 0.3) is 0 Å². The lowest BCUT2D eigenvalue weighted by atomic mass is 9.92. The molecule has 5 aliphatic rings. The van der Waals surface area contributed by atoms with Gasteiger partial charge in [0.1, 0.15) is 17.9 Å². The lowest BCUT2D eigenvalue weighted by molar-refractivity contribution is -0.139. The molecular weight excluding hydrogens is 708 g/mol. The average molecular weight is 751 g/mol. The molecule has 0 radical (unpaired) electrons. The Hall–Kier alpha value is -4.96. The molecule has 1 saturated carbocycles. The summed E-state index contributed by atoms with van der Waals surface area (Å²) in [5.41, 5.74) is 5.33. The summed E-state index contributed by atoms with van der Waals surface area (Å²) in [4.78, 5) is 56.5. The molecule has 3 aromatic rings. The zero-order valence-corrected chi connectivity index (χ0v) is 30.7. The van der Waals surface area contributed by atoms with E-state index in [1.165, 1.54) is 4.90 Å². The van der Waals surface area contributed by atoms with Crippen LogP contribution in [-0.2, 0) is 22.7 Å². The topological polar surface area (TPSA) is 155 Å². The Balaban J connectivity index is 0.779. The van der Waals surface area contributed by atoms with Crippen LogP contribution < -0.4 is 20.3 Å². The van der Waals surface area contributed by atoms with Crippen molar-refractivity contribution in [3.8, 4) is 11.8 Å². The lowest BCUT2D eigenvalue weighted by Gasteiger charge is -2.35. The highest BCUT2D eigenvalue weighted by Crippen LogP contribution is 2.39. The number of imide groups is 1. The van der Waals surface area contributed by atoms with Crippen LogP contribution in [0.5, 0.6) is 5.75 Å². The second-order valence-corrected chi connectivity index (χ2v) is 15.6. The number of fused-ring (bicyclic) bond motifs is 2. The van der Waals surface area contributed by atoms with Gasteiger partial charge in [-0.05, 0) is 111 Å². The van der Waals surface area contributed by atoms with E-state index in [9.17, 15) is 24.3 Å². The highest BCUT2D eigenvalue weighted by molar-refractivity contribution is 6.31. The third-order valence-corrected chi connectivity index (χ3v) is 12.0. The number of nitrogens with zero attached hydrogens (tertiary/aromatic N) is 4. The number of carbonyl (C=O) groups is 4. The molecule has 0 bridgehead atoms. The van der Waals surface area contributed by atoms with E-state index in [2.05, 4.69) is 26.5 Å². The van der Waals surface area contributed by atoms with Crippen molar-refractivity contribution >= 4 is 40.9 Å². The summed E-state index contributed by atoms with van der Waals surface area (Å²) in [6.07, 6.45) is 4.57. The number of hydrogen-bond donors (Lipinski definition) is 3. The summed E-state index contributed by atoms with van der Waals surface area (Å²) >= 11 is 6.15. The number of aliphatic hydroxyl groups is 1. The molecule has 4 amide bonds. The Morgan fingerprint density at radius 3 is 2.35 bits per heavy atom. The molecule has 8 rings (SSSR count). The van der Waals surface area contributed by atoms with Crippen molar-refractivity contribution in [2.45, 2.75) is 88.9 Å². The van der Waals surface area contributed by atoms with Gasteiger partial charge in [0, 0.05) is 73.6 Å². The molecule has 280 valence electrons. The molecule has 2 unspecified atom stereocenters. The van der Waals surface area contributed by atoms with Gasteiger partial charge < -0.3 is 20.1 Å². The molecule has 13 heteroatoms. The molecule has 3 aromatic carbocycles. The summed E-state index contributed by atoms with van der Waals surface area (Å²) in [6, 6.07) is 18.1. The fraction of sp³-hybridized carbons (Fsp3) is 0.439. The quantitative estimate of drug-likeness (QED) is 0.275. The summed E-state index contributed by atoms with van der Waals surface area (Å²) < 4.78 is 6.09. The van der Waals surface area contributed by atoms with Gasteiger partial charge in [0.2, 0.25) is 11.8 Å². The minimum absolute atomic E-state index is 0.0432. The highest BCUT2D eigenvalue weighted by atomic mass is 35.5. The van der Waals surface area contributed by atoms with E-state index in [1.54, 1.807) is 18.2 Å². The van der Waals surface area contributed by atoms with Crippen molar-refractivity contribution in [2.24, 2.45) is 5.92 Å². The SMILES string of the molecule is N#Cc1ccc(O[C@H]2CC[C@H](NC(=O)c3ccc(N4CCC(CN5Cc6cc7c(cc6C5)C(O)N(C5CCC(=O)NC5=O)C7=O)CC4)cc3)CC2)cc1Cl. The molecule has 54 heavy (non-hydrogen) atoms. The summed E-state index contributed by atoms with van der Waals surface area (Å²) in [6.45, 7) is 4.29. The van der Waals surface area contributed by atoms with Crippen molar-refractivity contribution in [3.05, 3.63) is 93.0 Å². The van der Waals surface area contributed by atoms with E-state index in [4.69, 9.17) is 21.6 Å². The van der Waals surface area contributed by atoms with Gasteiger partial charge in [0.15, 0.2) is 6.23 Å². The van der Waals surface area contributed by atoms with E-state index in [-0.39, 0.29) is 42.7 Å².